The third-order valence-corrected chi connectivity index (χ3v) is 4.37. The Morgan fingerprint density at radius 1 is 1.28 bits per heavy atom. The summed E-state index contributed by atoms with van der Waals surface area (Å²) in [5.41, 5.74) is 0.598. The van der Waals surface area contributed by atoms with Crippen LogP contribution in [0.3, 0.4) is 0 Å². The lowest BCUT2D eigenvalue weighted by Crippen LogP contribution is -2.46. The first-order chi connectivity index (χ1) is 13.6. The average Bonchev–Trinajstić information content (AvgIpc) is 3.14. The number of nitrogens with zero attached hydrogens (tertiary/aromatic N) is 3. The molecule has 3 rings (SSSR count). The molecule has 3 N–H and O–H groups in total. The monoisotopic (exact) mass is 516 g/mol. The summed E-state index contributed by atoms with van der Waals surface area (Å²) in [5, 5.41) is 8.83. The zero-order valence-electron chi connectivity index (χ0n) is 15.9. The van der Waals surface area contributed by atoms with Gasteiger partial charge >= 0.3 is 0 Å². The molecule has 1 saturated heterocycles. The van der Waals surface area contributed by atoms with Gasteiger partial charge in [0.15, 0.2) is 5.96 Å². The molecule has 1 atom stereocenters. The highest BCUT2D eigenvalue weighted by Gasteiger charge is 2.27. The van der Waals surface area contributed by atoms with Gasteiger partial charge in [-0.15, -0.1) is 24.0 Å². The van der Waals surface area contributed by atoms with E-state index in [0.717, 1.165) is 0 Å². The molecule has 10 heteroatoms. The number of para-hydroxylation sites is 1. The van der Waals surface area contributed by atoms with Crippen molar-refractivity contribution in [1.29, 1.82) is 0 Å². The van der Waals surface area contributed by atoms with Gasteiger partial charge in [0.2, 0.25) is 5.91 Å². The maximum absolute atomic E-state index is 14.0. The number of carbonyl (C=O) groups is 1. The lowest BCUT2D eigenvalue weighted by molar-refractivity contribution is -0.115. The minimum absolute atomic E-state index is 0. The Balaban J connectivity index is 0.00000300. The zero-order chi connectivity index (χ0) is 19.9. The Hall–Kier alpha value is -2.50. The fraction of sp³-hybridized carbons (Fsp3) is 0.316. The maximum Gasteiger partial charge on any atom is 0.243 e. The molecule has 0 saturated carbocycles. The summed E-state index contributed by atoms with van der Waals surface area (Å²) in [5.74, 6) is -0.940. The van der Waals surface area contributed by atoms with Crippen molar-refractivity contribution in [3.8, 4) is 0 Å². The van der Waals surface area contributed by atoms with Crippen LogP contribution in [0.25, 0.3) is 0 Å². The summed E-state index contributed by atoms with van der Waals surface area (Å²) in [6, 6.07) is 7.27. The lowest BCUT2D eigenvalue weighted by atomic mass is 10.2. The molecule has 2 aromatic rings. The van der Waals surface area contributed by atoms with Crippen molar-refractivity contribution >= 4 is 47.2 Å². The Kier molecular flexibility index (Phi) is 8.55. The number of benzene rings is 1. The van der Waals surface area contributed by atoms with Crippen molar-refractivity contribution in [3.63, 3.8) is 0 Å². The number of guanidine groups is 1. The molecule has 1 aliphatic heterocycles. The molecule has 0 spiro atoms. The van der Waals surface area contributed by atoms with E-state index in [9.17, 15) is 13.6 Å². The quantitative estimate of drug-likeness (QED) is 0.323. The van der Waals surface area contributed by atoms with Gasteiger partial charge in [-0.2, -0.15) is 0 Å². The number of aromatic nitrogens is 1. The standard InChI is InChI=1S/C19H22F2N6O.HI/c1-22-19(24-11-17(28)25-13-4-3-8-23-10-13)26-14-7-9-27(12-14)18-15(20)5-2-6-16(18)21;/h2-6,8,10,14H,7,9,11-12H2,1H3,(H,25,28)(H2,22,24,26);1H. The number of carbonyl (C=O) groups excluding carboxylic acids is 1. The Morgan fingerprint density at radius 3 is 2.69 bits per heavy atom. The topological polar surface area (TPSA) is 81.6 Å². The first-order valence-corrected chi connectivity index (χ1v) is 8.93. The molecule has 156 valence electrons. The van der Waals surface area contributed by atoms with E-state index in [1.165, 1.54) is 18.2 Å². The second kappa shape index (κ2) is 10.9. The Morgan fingerprint density at radius 2 is 2.03 bits per heavy atom. The van der Waals surface area contributed by atoms with Gasteiger partial charge in [-0.25, -0.2) is 8.78 Å². The second-order valence-electron chi connectivity index (χ2n) is 6.36. The first-order valence-electron chi connectivity index (χ1n) is 8.93. The van der Waals surface area contributed by atoms with Crippen molar-refractivity contribution < 1.29 is 13.6 Å². The predicted octanol–water partition coefficient (Wildman–Crippen LogP) is 2.36. The van der Waals surface area contributed by atoms with E-state index in [4.69, 9.17) is 0 Å². The summed E-state index contributed by atoms with van der Waals surface area (Å²) in [6.07, 6.45) is 3.87. The van der Waals surface area contributed by atoms with Gasteiger partial charge in [0.05, 0.1) is 18.4 Å². The molecule has 2 heterocycles. The summed E-state index contributed by atoms with van der Waals surface area (Å²) < 4.78 is 27.9. The molecule has 1 aliphatic rings. The molecule has 0 bridgehead atoms. The number of hydrogen-bond donors (Lipinski definition) is 3. The van der Waals surface area contributed by atoms with Gasteiger partial charge in [-0.3, -0.25) is 14.8 Å². The molecule has 1 amide bonds. The average molecular weight is 516 g/mol. The van der Waals surface area contributed by atoms with E-state index in [1.54, 1.807) is 36.5 Å². The number of hydrogen-bond acceptors (Lipinski definition) is 4. The third-order valence-electron chi connectivity index (χ3n) is 4.37. The van der Waals surface area contributed by atoms with Gasteiger partial charge in [0.1, 0.15) is 17.3 Å². The highest BCUT2D eigenvalue weighted by Crippen LogP contribution is 2.26. The van der Waals surface area contributed by atoms with Crippen LogP contribution in [-0.4, -0.2) is 49.6 Å². The fourth-order valence-electron chi connectivity index (χ4n) is 3.07. The highest BCUT2D eigenvalue weighted by atomic mass is 127. The number of nitrogens with one attached hydrogen (secondary N) is 3. The number of halogens is 3. The molecule has 0 radical (unpaired) electrons. The molecule has 1 aromatic carbocycles. The maximum atomic E-state index is 14.0. The number of anilines is 2. The minimum Gasteiger partial charge on any atom is -0.365 e. The van der Waals surface area contributed by atoms with Gasteiger partial charge in [-0.05, 0) is 30.7 Å². The molecular weight excluding hydrogens is 493 g/mol. The summed E-state index contributed by atoms with van der Waals surface area (Å²) >= 11 is 0. The van der Waals surface area contributed by atoms with Crippen molar-refractivity contribution in [2.75, 3.05) is 36.9 Å². The third kappa shape index (κ3) is 6.24. The van der Waals surface area contributed by atoms with E-state index in [1.807, 2.05) is 0 Å². The van der Waals surface area contributed by atoms with Crippen LogP contribution >= 0.6 is 24.0 Å². The molecule has 7 nitrogen and oxygen atoms in total. The molecule has 1 fully saturated rings. The van der Waals surface area contributed by atoms with Gasteiger partial charge < -0.3 is 20.9 Å². The smallest absolute Gasteiger partial charge is 0.243 e. The molecular formula is C19H23F2IN6O. The van der Waals surface area contributed by atoms with E-state index in [2.05, 4.69) is 25.9 Å². The summed E-state index contributed by atoms with van der Waals surface area (Å²) in [6.45, 7) is 0.974. The first kappa shape index (κ1) is 22.8. The predicted molar refractivity (Wildman–Crippen MR) is 120 cm³/mol. The SMILES string of the molecule is CN=C(NCC(=O)Nc1cccnc1)NC1CCN(c2c(F)cccc2F)C1.I. The van der Waals surface area contributed by atoms with Crippen molar-refractivity contribution in [2.45, 2.75) is 12.5 Å². The summed E-state index contributed by atoms with van der Waals surface area (Å²) in [7, 11) is 1.59. The molecule has 1 unspecified atom stereocenters. The number of rotatable bonds is 5. The van der Waals surface area contributed by atoms with E-state index < -0.39 is 11.6 Å². The van der Waals surface area contributed by atoms with Crippen LogP contribution in [0.1, 0.15) is 6.42 Å². The van der Waals surface area contributed by atoms with Crippen molar-refractivity contribution in [3.05, 3.63) is 54.4 Å². The van der Waals surface area contributed by atoms with Crippen molar-refractivity contribution in [2.24, 2.45) is 4.99 Å². The van der Waals surface area contributed by atoms with Crippen LogP contribution < -0.4 is 20.9 Å². The molecule has 0 aliphatic carbocycles. The van der Waals surface area contributed by atoms with Crippen LogP contribution in [-0.2, 0) is 4.79 Å². The van der Waals surface area contributed by atoms with Crippen LogP contribution in [0.2, 0.25) is 0 Å². The van der Waals surface area contributed by atoms with Gasteiger partial charge in [0.25, 0.3) is 0 Å². The van der Waals surface area contributed by atoms with E-state index in [-0.39, 0.29) is 48.2 Å². The van der Waals surface area contributed by atoms with Crippen LogP contribution in [0.5, 0.6) is 0 Å². The van der Waals surface area contributed by atoms with Crippen LogP contribution in [0.15, 0.2) is 47.7 Å². The van der Waals surface area contributed by atoms with E-state index in [0.29, 0.717) is 31.2 Å². The fourth-order valence-corrected chi connectivity index (χ4v) is 3.07. The van der Waals surface area contributed by atoms with Crippen LogP contribution in [0, 0.1) is 11.6 Å². The lowest BCUT2D eigenvalue weighted by Gasteiger charge is -2.21. The molecule has 1 aromatic heterocycles. The van der Waals surface area contributed by atoms with Crippen LogP contribution in [0.4, 0.5) is 20.2 Å². The molecule has 29 heavy (non-hydrogen) atoms. The zero-order valence-corrected chi connectivity index (χ0v) is 18.2. The van der Waals surface area contributed by atoms with Crippen molar-refractivity contribution in [1.82, 2.24) is 15.6 Å². The van der Waals surface area contributed by atoms with Gasteiger partial charge in [-0.1, -0.05) is 6.07 Å². The Labute approximate surface area is 185 Å². The second-order valence-corrected chi connectivity index (χ2v) is 6.36. The number of amides is 1. The minimum atomic E-state index is -0.574. The Bertz CT molecular complexity index is 832. The highest BCUT2D eigenvalue weighted by molar-refractivity contribution is 14.0. The van der Waals surface area contributed by atoms with Gasteiger partial charge in [0, 0.05) is 32.4 Å². The number of pyridine rings is 1. The normalized spacial score (nSPS) is 16.2. The van der Waals surface area contributed by atoms with E-state index >= 15 is 0 Å². The summed E-state index contributed by atoms with van der Waals surface area (Å²) in [4.78, 5) is 21.7. The largest absolute Gasteiger partial charge is 0.365 e. The number of aliphatic imine (C=N–C) groups is 1.